The van der Waals surface area contributed by atoms with Crippen LogP contribution in [-0.2, 0) is 16.0 Å². The van der Waals surface area contributed by atoms with Crippen LogP contribution in [0.15, 0.2) is 18.2 Å². The molecular formula is C19H29N3O4. The van der Waals surface area contributed by atoms with E-state index in [1.165, 1.54) is 0 Å². The van der Waals surface area contributed by atoms with Gasteiger partial charge in [0.15, 0.2) is 11.5 Å². The van der Waals surface area contributed by atoms with E-state index in [0.29, 0.717) is 50.5 Å². The van der Waals surface area contributed by atoms with Gasteiger partial charge in [-0.2, -0.15) is 0 Å². The van der Waals surface area contributed by atoms with E-state index in [-0.39, 0.29) is 17.7 Å². The fourth-order valence-electron chi connectivity index (χ4n) is 3.20. The lowest BCUT2D eigenvalue weighted by molar-refractivity contribution is -0.135. The lowest BCUT2D eigenvalue weighted by Crippen LogP contribution is -2.46. The van der Waals surface area contributed by atoms with Crippen LogP contribution in [0.2, 0.25) is 0 Å². The fourth-order valence-corrected chi connectivity index (χ4v) is 3.20. The first-order valence-electron chi connectivity index (χ1n) is 9.05. The van der Waals surface area contributed by atoms with Gasteiger partial charge in [-0.3, -0.25) is 9.59 Å². The molecule has 1 unspecified atom stereocenters. The Morgan fingerprint density at radius 1 is 1.27 bits per heavy atom. The first-order chi connectivity index (χ1) is 12.6. The van der Waals surface area contributed by atoms with Gasteiger partial charge in [0.25, 0.3) is 0 Å². The number of hydrogen-bond acceptors (Lipinski definition) is 5. The van der Waals surface area contributed by atoms with Gasteiger partial charge in [-0.05, 0) is 37.0 Å². The Labute approximate surface area is 154 Å². The summed E-state index contributed by atoms with van der Waals surface area (Å²) in [5, 5.41) is 2.82. The summed E-state index contributed by atoms with van der Waals surface area (Å²) in [6, 6.07) is 5.68. The van der Waals surface area contributed by atoms with Crippen LogP contribution < -0.4 is 20.5 Å². The molecule has 2 amide bonds. The first kappa shape index (κ1) is 20.0. The molecular weight excluding hydrogens is 334 g/mol. The molecule has 7 heteroatoms. The highest BCUT2D eigenvalue weighted by Gasteiger charge is 2.27. The van der Waals surface area contributed by atoms with E-state index in [1.54, 1.807) is 19.1 Å². The Balaban J connectivity index is 1.88. The van der Waals surface area contributed by atoms with Crippen molar-refractivity contribution in [3.05, 3.63) is 23.8 Å². The lowest BCUT2D eigenvalue weighted by atomic mass is 9.96. The molecule has 1 aliphatic heterocycles. The standard InChI is InChI=1S/C19H29N3O4/c1-25-16-7-5-14(12-17(16)26-2)6-8-18(23)22-11-3-4-15(13-22)19(24)21-10-9-20/h5,7,12,15H,3-4,6,8-11,13,20H2,1-2H3,(H,21,24). The average Bonchev–Trinajstić information content (AvgIpc) is 2.69. The molecule has 2 rings (SSSR count). The zero-order valence-electron chi connectivity index (χ0n) is 15.6. The molecule has 0 spiro atoms. The molecule has 7 nitrogen and oxygen atoms in total. The number of rotatable bonds is 8. The minimum Gasteiger partial charge on any atom is -0.493 e. The first-order valence-corrected chi connectivity index (χ1v) is 9.05. The third-order valence-electron chi connectivity index (χ3n) is 4.66. The second-order valence-corrected chi connectivity index (χ2v) is 6.45. The van der Waals surface area contributed by atoms with E-state index in [4.69, 9.17) is 15.2 Å². The van der Waals surface area contributed by atoms with Crippen LogP contribution in [0.3, 0.4) is 0 Å². The van der Waals surface area contributed by atoms with Crippen molar-refractivity contribution in [1.82, 2.24) is 10.2 Å². The molecule has 3 N–H and O–H groups in total. The third kappa shape index (κ3) is 5.36. The van der Waals surface area contributed by atoms with Gasteiger partial charge in [0.05, 0.1) is 20.1 Å². The van der Waals surface area contributed by atoms with Crippen molar-refractivity contribution in [2.75, 3.05) is 40.4 Å². The highest BCUT2D eigenvalue weighted by Crippen LogP contribution is 2.28. The van der Waals surface area contributed by atoms with Gasteiger partial charge in [0.2, 0.25) is 11.8 Å². The molecule has 0 aliphatic carbocycles. The maximum atomic E-state index is 12.5. The van der Waals surface area contributed by atoms with E-state index < -0.39 is 0 Å². The minimum atomic E-state index is -0.139. The molecule has 1 aromatic rings. The smallest absolute Gasteiger partial charge is 0.224 e. The number of piperidine rings is 1. The van der Waals surface area contributed by atoms with Gasteiger partial charge < -0.3 is 25.4 Å². The van der Waals surface area contributed by atoms with Crippen LogP contribution in [0, 0.1) is 5.92 Å². The van der Waals surface area contributed by atoms with Crippen molar-refractivity contribution in [3.8, 4) is 11.5 Å². The summed E-state index contributed by atoms with van der Waals surface area (Å²) in [5.41, 5.74) is 6.44. The number of likely N-dealkylation sites (tertiary alicyclic amines) is 1. The number of benzene rings is 1. The van der Waals surface area contributed by atoms with E-state index in [0.717, 1.165) is 18.4 Å². The SMILES string of the molecule is COc1ccc(CCC(=O)N2CCCC(C(=O)NCCN)C2)cc1OC. The Hall–Kier alpha value is -2.28. The summed E-state index contributed by atoms with van der Waals surface area (Å²) in [7, 11) is 3.19. The minimum absolute atomic E-state index is 0.00663. The quantitative estimate of drug-likeness (QED) is 0.717. The van der Waals surface area contributed by atoms with E-state index in [1.807, 2.05) is 18.2 Å². The zero-order chi connectivity index (χ0) is 18.9. The summed E-state index contributed by atoms with van der Waals surface area (Å²) in [5.74, 6) is 1.27. The highest BCUT2D eigenvalue weighted by atomic mass is 16.5. The number of nitrogens with zero attached hydrogens (tertiary/aromatic N) is 1. The zero-order valence-corrected chi connectivity index (χ0v) is 15.6. The van der Waals surface area contributed by atoms with Crippen molar-refractivity contribution in [2.45, 2.75) is 25.7 Å². The summed E-state index contributed by atoms with van der Waals surface area (Å²) >= 11 is 0. The van der Waals surface area contributed by atoms with E-state index >= 15 is 0 Å². The van der Waals surface area contributed by atoms with Crippen molar-refractivity contribution >= 4 is 11.8 Å². The normalized spacial score (nSPS) is 16.9. The number of aryl methyl sites for hydroxylation is 1. The number of nitrogens with one attached hydrogen (secondary N) is 1. The largest absolute Gasteiger partial charge is 0.493 e. The second kappa shape index (κ2) is 10.0. The molecule has 1 atom stereocenters. The van der Waals surface area contributed by atoms with Gasteiger partial charge >= 0.3 is 0 Å². The maximum absolute atomic E-state index is 12.5. The molecule has 0 bridgehead atoms. The number of hydrogen-bond donors (Lipinski definition) is 2. The van der Waals surface area contributed by atoms with Crippen LogP contribution >= 0.6 is 0 Å². The van der Waals surface area contributed by atoms with Gasteiger partial charge in [-0.1, -0.05) is 6.07 Å². The number of amides is 2. The van der Waals surface area contributed by atoms with Gasteiger partial charge in [0, 0.05) is 32.6 Å². The van der Waals surface area contributed by atoms with Crippen LogP contribution in [0.1, 0.15) is 24.8 Å². The Bertz CT molecular complexity index is 621. The van der Waals surface area contributed by atoms with E-state index in [9.17, 15) is 9.59 Å². The highest BCUT2D eigenvalue weighted by molar-refractivity contribution is 5.81. The maximum Gasteiger partial charge on any atom is 0.224 e. The summed E-state index contributed by atoms with van der Waals surface area (Å²) in [6.45, 7) is 2.10. The van der Waals surface area contributed by atoms with E-state index in [2.05, 4.69) is 5.32 Å². The lowest BCUT2D eigenvalue weighted by Gasteiger charge is -2.32. The van der Waals surface area contributed by atoms with Crippen molar-refractivity contribution in [3.63, 3.8) is 0 Å². The number of carbonyl (C=O) groups excluding carboxylic acids is 2. The van der Waals surface area contributed by atoms with Gasteiger partial charge in [-0.15, -0.1) is 0 Å². The van der Waals surface area contributed by atoms with Crippen molar-refractivity contribution in [2.24, 2.45) is 11.7 Å². The Morgan fingerprint density at radius 2 is 2.04 bits per heavy atom. The van der Waals surface area contributed by atoms with Gasteiger partial charge in [-0.25, -0.2) is 0 Å². The van der Waals surface area contributed by atoms with Gasteiger partial charge in [0.1, 0.15) is 0 Å². The Kier molecular flexibility index (Phi) is 7.72. The number of ether oxygens (including phenoxy) is 2. The number of methoxy groups -OCH3 is 2. The van der Waals surface area contributed by atoms with Crippen molar-refractivity contribution < 1.29 is 19.1 Å². The molecule has 1 heterocycles. The predicted octanol–water partition coefficient (Wildman–Crippen LogP) is 0.950. The Morgan fingerprint density at radius 3 is 2.73 bits per heavy atom. The molecule has 0 radical (unpaired) electrons. The monoisotopic (exact) mass is 363 g/mol. The fraction of sp³-hybridized carbons (Fsp3) is 0.579. The molecule has 0 aromatic heterocycles. The molecule has 144 valence electrons. The molecule has 1 saturated heterocycles. The molecule has 0 saturated carbocycles. The van der Waals surface area contributed by atoms with Crippen LogP contribution in [0.25, 0.3) is 0 Å². The summed E-state index contributed by atoms with van der Waals surface area (Å²) in [4.78, 5) is 26.5. The topological polar surface area (TPSA) is 93.9 Å². The number of carbonyl (C=O) groups is 2. The molecule has 26 heavy (non-hydrogen) atoms. The van der Waals surface area contributed by atoms with Crippen LogP contribution in [-0.4, -0.2) is 57.1 Å². The second-order valence-electron chi connectivity index (χ2n) is 6.45. The molecule has 1 aromatic carbocycles. The number of nitrogens with two attached hydrogens (primary N) is 1. The average molecular weight is 363 g/mol. The van der Waals surface area contributed by atoms with Crippen LogP contribution in [0.4, 0.5) is 0 Å². The summed E-state index contributed by atoms with van der Waals surface area (Å²) in [6.07, 6.45) is 2.70. The molecule has 1 fully saturated rings. The third-order valence-corrected chi connectivity index (χ3v) is 4.66. The summed E-state index contributed by atoms with van der Waals surface area (Å²) < 4.78 is 10.5. The molecule has 1 aliphatic rings. The van der Waals surface area contributed by atoms with Crippen molar-refractivity contribution in [1.29, 1.82) is 0 Å². The predicted molar refractivity (Wildman–Crippen MR) is 99.2 cm³/mol. The van der Waals surface area contributed by atoms with Crippen LogP contribution in [0.5, 0.6) is 11.5 Å².